The Balaban J connectivity index is 2.96. The number of rotatable bonds is 2. The smallest absolute Gasteiger partial charge is 0.0624 e. The molecule has 1 rings (SSSR count). The van der Waals surface area contributed by atoms with Crippen molar-refractivity contribution < 1.29 is 5.11 Å². The van der Waals surface area contributed by atoms with E-state index in [9.17, 15) is 0 Å². The second-order valence-electron chi connectivity index (χ2n) is 2.80. The molecule has 0 radical (unpaired) electrons. The Hall–Kier alpha value is -0.380. The first-order valence-electron chi connectivity index (χ1n) is 3.77. The van der Waals surface area contributed by atoms with Gasteiger partial charge in [0.1, 0.15) is 0 Å². The van der Waals surface area contributed by atoms with E-state index in [0.29, 0.717) is 0 Å². The second kappa shape index (κ2) is 4.03. The number of hydrogen-bond acceptors (Lipinski definition) is 2. The van der Waals surface area contributed by atoms with Crippen LogP contribution in [0.5, 0.6) is 0 Å². The normalized spacial score (nSPS) is 13.0. The fourth-order valence-electron chi connectivity index (χ4n) is 0.945. The summed E-state index contributed by atoms with van der Waals surface area (Å²) in [6.07, 6.45) is 0. The first-order valence-corrected chi connectivity index (χ1v) is 4.57. The second-order valence-corrected chi connectivity index (χ2v) is 3.65. The van der Waals surface area contributed by atoms with Crippen molar-refractivity contribution in [2.75, 3.05) is 6.61 Å². The minimum absolute atomic E-state index is 0.0184. The molecule has 0 saturated heterocycles. The van der Waals surface area contributed by atoms with Gasteiger partial charge in [0.2, 0.25) is 0 Å². The monoisotopic (exact) mass is 229 g/mol. The van der Waals surface area contributed by atoms with E-state index in [0.717, 1.165) is 10.0 Å². The number of aliphatic hydroxyl groups excluding tert-OH is 1. The molecule has 0 aliphatic heterocycles. The maximum absolute atomic E-state index is 8.81. The van der Waals surface area contributed by atoms with Gasteiger partial charge in [-0.3, -0.25) is 0 Å². The fourth-order valence-corrected chi connectivity index (χ4v) is 1.34. The summed E-state index contributed by atoms with van der Waals surface area (Å²) in [5.41, 5.74) is 7.77. The third kappa shape index (κ3) is 2.06. The Morgan fingerprint density at radius 1 is 1.58 bits per heavy atom. The molecular weight excluding hydrogens is 218 g/mol. The molecule has 0 spiro atoms. The summed E-state index contributed by atoms with van der Waals surface area (Å²) in [6, 6.07) is 5.58. The minimum Gasteiger partial charge on any atom is -0.394 e. The maximum atomic E-state index is 8.81. The molecular formula is C9H12BrNO. The van der Waals surface area contributed by atoms with Crippen LogP contribution in [-0.4, -0.2) is 11.7 Å². The zero-order valence-corrected chi connectivity index (χ0v) is 8.51. The lowest BCUT2D eigenvalue weighted by Gasteiger charge is -2.09. The average Bonchev–Trinajstić information content (AvgIpc) is 2.08. The molecule has 12 heavy (non-hydrogen) atoms. The Morgan fingerprint density at radius 2 is 2.25 bits per heavy atom. The molecule has 0 amide bonds. The van der Waals surface area contributed by atoms with Gasteiger partial charge in [0.25, 0.3) is 0 Å². The number of nitrogens with two attached hydrogens (primary N) is 1. The summed E-state index contributed by atoms with van der Waals surface area (Å²) in [5.74, 6) is 0. The van der Waals surface area contributed by atoms with Crippen LogP contribution in [0, 0.1) is 6.92 Å². The fraction of sp³-hybridized carbons (Fsp3) is 0.333. The predicted octanol–water partition coefficient (Wildman–Crippen LogP) is 1.75. The van der Waals surface area contributed by atoms with Crippen LogP contribution in [0.4, 0.5) is 0 Å². The summed E-state index contributed by atoms with van der Waals surface area (Å²) in [4.78, 5) is 0. The van der Waals surface area contributed by atoms with Crippen LogP contribution in [0.1, 0.15) is 17.2 Å². The van der Waals surface area contributed by atoms with Gasteiger partial charge < -0.3 is 10.8 Å². The van der Waals surface area contributed by atoms with Crippen LogP contribution in [0.2, 0.25) is 0 Å². The molecule has 1 atom stereocenters. The number of hydrogen-bond donors (Lipinski definition) is 2. The summed E-state index contributed by atoms with van der Waals surface area (Å²) < 4.78 is 1.03. The van der Waals surface area contributed by atoms with Gasteiger partial charge in [-0.05, 0) is 24.1 Å². The van der Waals surface area contributed by atoms with E-state index in [1.165, 1.54) is 5.56 Å². The van der Waals surface area contributed by atoms with Crippen molar-refractivity contribution in [1.29, 1.82) is 0 Å². The molecule has 0 fully saturated rings. The molecule has 2 nitrogen and oxygen atoms in total. The van der Waals surface area contributed by atoms with E-state index in [-0.39, 0.29) is 12.6 Å². The lowest BCUT2D eigenvalue weighted by molar-refractivity contribution is 0.268. The van der Waals surface area contributed by atoms with Gasteiger partial charge in [-0.1, -0.05) is 28.1 Å². The lowest BCUT2D eigenvalue weighted by atomic mass is 10.1. The van der Waals surface area contributed by atoms with Crippen LogP contribution >= 0.6 is 15.9 Å². The lowest BCUT2D eigenvalue weighted by Crippen LogP contribution is -2.14. The van der Waals surface area contributed by atoms with Crippen molar-refractivity contribution in [2.45, 2.75) is 13.0 Å². The summed E-state index contributed by atoms with van der Waals surface area (Å²) in [7, 11) is 0. The number of benzene rings is 1. The predicted molar refractivity (Wildman–Crippen MR) is 52.9 cm³/mol. The SMILES string of the molecule is Cc1ccc([C@H](N)CO)cc1Br. The highest BCUT2D eigenvalue weighted by atomic mass is 79.9. The van der Waals surface area contributed by atoms with Gasteiger partial charge in [-0.15, -0.1) is 0 Å². The zero-order valence-electron chi connectivity index (χ0n) is 6.92. The molecule has 0 heterocycles. The van der Waals surface area contributed by atoms with Crippen LogP contribution in [-0.2, 0) is 0 Å². The maximum Gasteiger partial charge on any atom is 0.0624 e. The van der Waals surface area contributed by atoms with Crippen LogP contribution in [0.3, 0.4) is 0 Å². The molecule has 0 saturated carbocycles. The molecule has 66 valence electrons. The Morgan fingerprint density at radius 3 is 2.75 bits per heavy atom. The van der Waals surface area contributed by atoms with Gasteiger partial charge in [-0.25, -0.2) is 0 Å². The van der Waals surface area contributed by atoms with Crippen molar-refractivity contribution >= 4 is 15.9 Å². The molecule has 1 aromatic carbocycles. The summed E-state index contributed by atoms with van der Waals surface area (Å²) in [5, 5.41) is 8.81. The molecule has 1 aromatic rings. The van der Waals surface area contributed by atoms with Crippen molar-refractivity contribution in [2.24, 2.45) is 5.73 Å². The summed E-state index contributed by atoms with van der Waals surface area (Å²) in [6.45, 7) is 1.99. The van der Waals surface area contributed by atoms with E-state index in [1.807, 2.05) is 25.1 Å². The Bertz CT molecular complexity index is 275. The third-order valence-electron chi connectivity index (χ3n) is 1.82. The van der Waals surface area contributed by atoms with E-state index < -0.39 is 0 Å². The Labute approximate surface area is 80.5 Å². The van der Waals surface area contributed by atoms with Gasteiger partial charge in [-0.2, -0.15) is 0 Å². The van der Waals surface area contributed by atoms with E-state index in [2.05, 4.69) is 15.9 Å². The minimum atomic E-state index is -0.276. The molecule has 0 unspecified atom stereocenters. The number of aryl methyl sites for hydroxylation is 1. The number of aliphatic hydroxyl groups is 1. The molecule has 0 aromatic heterocycles. The van der Waals surface area contributed by atoms with E-state index in [4.69, 9.17) is 10.8 Å². The first kappa shape index (κ1) is 9.71. The van der Waals surface area contributed by atoms with Gasteiger partial charge >= 0.3 is 0 Å². The summed E-state index contributed by atoms with van der Waals surface area (Å²) >= 11 is 3.41. The highest BCUT2D eigenvalue weighted by Gasteiger charge is 2.04. The largest absolute Gasteiger partial charge is 0.394 e. The van der Waals surface area contributed by atoms with Crippen molar-refractivity contribution in [3.8, 4) is 0 Å². The van der Waals surface area contributed by atoms with E-state index >= 15 is 0 Å². The zero-order chi connectivity index (χ0) is 9.14. The van der Waals surface area contributed by atoms with Crippen LogP contribution in [0.15, 0.2) is 22.7 Å². The quantitative estimate of drug-likeness (QED) is 0.812. The van der Waals surface area contributed by atoms with Crippen molar-refractivity contribution in [1.82, 2.24) is 0 Å². The highest BCUT2D eigenvalue weighted by Crippen LogP contribution is 2.20. The molecule has 0 aliphatic rings. The van der Waals surface area contributed by atoms with Crippen molar-refractivity contribution in [3.63, 3.8) is 0 Å². The van der Waals surface area contributed by atoms with E-state index in [1.54, 1.807) is 0 Å². The average molecular weight is 230 g/mol. The van der Waals surface area contributed by atoms with Gasteiger partial charge in [0.15, 0.2) is 0 Å². The standard InChI is InChI=1S/C9H12BrNO/c1-6-2-3-7(4-8(6)10)9(11)5-12/h2-4,9,12H,5,11H2,1H3/t9-/m1/s1. The first-order chi connectivity index (χ1) is 5.65. The molecule has 0 aliphatic carbocycles. The topological polar surface area (TPSA) is 46.2 Å². The van der Waals surface area contributed by atoms with Crippen molar-refractivity contribution in [3.05, 3.63) is 33.8 Å². The molecule has 3 N–H and O–H groups in total. The van der Waals surface area contributed by atoms with Crippen LogP contribution in [0.25, 0.3) is 0 Å². The molecule has 3 heteroatoms. The van der Waals surface area contributed by atoms with Gasteiger partial charge in [0.05, 0.1) is 12.6 Å². The third-order valence-corrected chi connectivity index (χ3v) is 2.68. The Kier molecular flexibility index (Phi) is 3.26. The highest BCUT2D eigenvalue weighted by molar-refractivity contribution is 9.10. The number of halogens is 1. The molecule has 0 bridgehead atoms. The van der Waals surface area contributed by atoms with Crippen LogP contribution < -0.4 is 5.73 Å². The van der Waals surface area contributed by atoms with Gasteiger partial charge in [0, 0.05) is 4.47 Å².